The molecule has 29 heavy (non-hydrogen) atoms. The van der Waals surface area contributed by atoms with E-state index in [1.165, 1.54) is 10.5 Å². The van der Waals surface area contributed by atoms with Gasteiger partial charge >= 0.3 is 0 Å². The van der Waals surface area contributed by atoms with E-state index in [-0.39, 0.29) is 24.1 Å². The molecule has 0 atom stereocenters. The van der Waals surface area contributed by atoms with Crippen molar-refractivity contribution in [1.82, 2.24) is 19.4 Å². The van der Waals surface area contributed by atoms with Crippen molar-refractivity contribution in [3.63, 3.8) is 0 Å². The van der Waals surface area contributed by atoms with Crippen LogP contribution in [0.15, 0.2) is 30.5 Å². The highest BCUT2D eigenvalue weighted by Crippen LogP contribution is 2.24. The predicted molar refractivity (Wildman–Crippen MR) is 111 cm³/mol. The zero-order chi connectivity index (χ0) is 21.0. The van der Waals surface area contributed by atoms with Crippen molar-refractivity contribution in [2.75, 3.05) is 38.6 Å². The lowest BCUT2D eigenvalue weighted by atomic mass is 10.1. The number of hydrogen-bond donors (Lipinski definition) is 1. The zero-order valence-corrected chi connectivity index (χ0v) is 18.0. The maximum Gasteiger partial charge on any atom is 0.254 e. The van der Waals surface area contributed by atoms with Crippen molar-refractivity contribution in [2.45, 2.75) is 19.8 Å². The molecule has 8 nitrogen and oxygen atoms in total. The quantitative estimate of drug-likeness (QED) is 0.711. The normalized spacial score (nSPS) is 15.6. The van der Waals surface area contributed by atoms with Crippen LogP contribution in [0.25, 0.3) is 5.69 Å². The number of hydrogen-bond acceptors (Lipinski definition) is 5. The average molecular weight is 441 g/mol. The number of sulfonamides is 1. The number of aromatic nitrogens is 2. The van der Waals surface area contributed by atoms with Crippen LogP contribution in [0.5, 0.6) is 0 Å². The topological polar surface area (TPSA) is 93.5 Å². The van der Waals surface area contributed by atoms with Crippen molar-refractivity contribution in [3.05, 3.63) is 46.7 Å². The van der Waals surface area contributed by atoms with E-state index in [9.17, 15) is 13.2 Å². The van der Waals surface area contributed by atoms with E-state index in [1.807, 2.05) is 26.0 Å². The van der Waals surface area contributed by atoms with Gasteiger partial charge in [-0.1, -0.05) is 25.4 Å². The van der Waals surface area contributed by atoms with E-state index in [1.54, 1.807) is 16.8 Å². The number of carbonyl (C=O) groups excluding carboxylic acids is 1. The van der Waals surface area contributed by atoms with Gasteiger partial charge in [-0.2, -0.15) is 9.40 Å². The Morgan fingerprint density at radius 1 is 1.24 bits per heavy atom. The highest BCUT2D eigenvalue weighted by atomic mass is 35.5. The van der Waals surface area contributed by atoms with Gasteiger partial charge in [0.1, 0.15) is 0 Å². The lowest BCUT2D eigenvalue weighted by Gasteiger charge is -2.26. The van der Waals surface area contributed by atoms with Crippen molar-refractivity contribution in [1.29, 1.82) is 0 Å². The third kappa shape index (κ3) is 5.16. The van der Waals surface area contributed by atoms with Crippen LogP contribution in [0.1, 0.15) is 35.8 Å². The highest BCUT2D eigenvalue weighted by Gasteiger charge is 2.25. The van der Waals surface area contributed by atoms with E-state index in [0.717, 1.165) is 11.4 Å². The summed E-state index contributed by atoms with van der Waals surface area (Å²) in [5.74, 6) is -0.460. The Labute approximate surface area is 175 Å². The molecule has 3 rings (SSSR count). The van der Waals surface area contributed by atoms with Crippen LogP contribution in [-0.4, -0.2) is 67.0 Å². The van der Waals surface area contributed by atoms with Gasteiger partial charge in [0.2, 0.25) is 10.0 Å². The van der Waals surface area contributed by atoms with Gasteiger partial charge in [-0.3, -0.25) is 4.79 Å². The second-order valence-electron chi connectivity index (χ2n) is 7.07. The summed E-state index contributed by atoms with van der Waals surface area (Å²) in [7, 11) is -3.42. The monoisotopic (exact) mass is 440 g/mol. The van der Waals surface area contributed by atoms with E-state index in [2.05, 4.69) is 10.4 Å². The Morgan fingerprint density at radius 2 is 1.90 bits per heavy atom. The van der Waals surface area contributed by atoms with Crippen LogP contribution >= 0.6 is 11.6 Å². The average Bonchev–Trinajstić information content (AvgIpc) is 3.14. The number of nitrogens with one attached hydrogen (secondary N) is 1. The number of carbonyl (C=O) groups is 1. The molecule has 0 radical (unpaired) electrons. The van der Waals surface area contributed by atoms with E-state index < -0.39 is 10.0 Å². The Morgan fingerprint density at radius 3 is 2.52 bits per heavy atom. The number of benzene rings is 1. The van der Waals surface area contributed by atoms with Gasteiger partial charge in [0.25, 0.3) is 5.91 Å². The molecule has 1 aliphatic rings. The number of amides is 1. The Balaban J connectivity index is 1.70. The second kappa shape index (κ2) is 9.25. The Bertz CT molecular complexity index is 951. The van der Waals surface area contributed by atoms with Gasteiger partial charge in [-0.25, -0.2) is 13.1 Å². The summed E-state index contributed by atoms with van der Waals surface area (Å²) in [5.41, 5.74) is 1.98. The lowest BCUT2D eigenvalue weighted by molar-refractivity contribution is 0.0730. The molecule has 1 amide bonds. The summed E-state index contributed by atoms with van der Waals surface area (Å²) in [6.45, 7) is 5.47. The summed E-state index contributed by atoms with van der Waals surface area (Å²) >= 11 is 5.95. The van der Waals surface area contributed by atoms with Crippen LogP contribution in [-0.2, 0) is 14.8 Å². The number of morpholine rings is 1. The first kappa shape index (κ1) is 21.8. The first-order valence-electron chi connectivity index (χ1n) is 9.47. The number of ether oxygens (including phenoxy) is 1. The standard InChI is InChI=1S/C19H25ClN4O4S/c1-14(2)18-17(13-22-24(18)16-5-3-15(20)4-6-16)19(25)21-7-12-29(26,27)23-8-10-28-11-9-23/h3-6,13-14H,7-12H2,1-2H3,(H,21,25). The maximum absolute atomic E-state index is 12.7. The van der Waals surface area contributed by atoms with Crippen LogP contribution in [0, 0.1) is 0 Å². The fourth-order valence-electron chi connectivity index (χ4n) is 3.22. The summed E-state index contributed by atoms with van der Waals surface area (Å²) in [6, 6.07) is 7.19. The molecule has 1 aliphatic heterocycles. The van der Waals surface area contributed by atoms with Crippen LogP contribution in [0.4, 0.5) is 0 Å². The molecule has 1 aromatic carbocycles. The molecule has 2 heterocycles. The fourth-order valence-corrected chi connectivity index (χ4v) is 4.67. The Hall–Kier alpha value is -1.94. The minimum absolute atomic E-state index is 0.0299. The lowest BCUT2D eigenvalue weighted by Crippen LogP contribution is -2.43. The molecule has 2 aromatic rings. The molecule has 1 aromatic heterocycles. The Kier molecular flexibility index (Phi) is 6.94. The van der Waals surface area contributed by atoms with Gasteiger partial charge in [0.05, 0.1) is 42.1 Å². The van der Waals surface area contributed by atoms with Crippen molar-refractivity contribution in [3.8, 4) is 5.69 Å². The van der Waals surface area contributed by atoms with Crippen molar-refractivity contribution < 1.29 is 17.9 Å². The van der Waals surface area contributed by atoms with Crippen LogP contribution in [0.2, 0.25) is 5.02 Å². The van der Waals surface area contributed by atoms with Gasteiger partial charge in [-0.15, -0.1) is 0 Å². The van der Waals surface area contributed by atoms with Crippen LogP contribution in [0.3, 0.4) is 0 Å². The number of rotatable bonds is 7. The van der Waals surface area contributed by atoms with E-state index in [4.69, 9.17) is 16.3 Å². The first-order valence-corrected chi connectivity index (χ1v) is 11.5. The smallest absolute Gasteiger partial charge is 0.254 e. The second-order valence-corrected chi connectivity index (χ2v) is 9.59. The molecule has 1 saturated heterocycles. The molecular weight excluding hydrogens is 416 g/mol. The molecule has 0 saturated carbocycles. The van der Waals surface area contributed by atoms with E-state index >= 15 is 0 Å². The molecule has 1 N–H and O–H groups in total. The number of nitrogens with zero attached hydrogens (tertiary/aromatic N) is 3. The molecule has 158 valence electrons. The molecule has 0 unspecified atom stereocenters. The summed E-state index contributed by atoms with van der Waals surface area (Å²) in [6.07, 6.45) is 1.51. The van der Waals surface area contributed by atoms with Crippen molar-refractivity contribution in [2.24, 2.45) is 0 Å². The zero-order valence-electron chi connectivity index (χ0n) is 16.5. The molecule has 0 aliphatic carbocycles. The molecule has 1 fully saturated rings. The highest BCUT2D eigenvalue weighted by molar-refractivity contribution is 7.89. The summed E-state index contributed by atoms with van der Waals surface area (Å²) in [5, 5.41) is 7.69. The first-order chi connectivity index (χ1) is 13.8. The molecule has 10 heteroatoms. The van der Waals surface area contributed by atoms with Gasteiger partial charge < -0.3 is 10.1 Å². The predicted octanol–water partition coefficient (Wildman–Crippen LogP) is 2.04. The fraction of sp³-hybridized carbons (Fsp3) is 0.474. The molecular formula is C19H25ClN4O4S. The molecule has 0 spiro atoms. The minimum Gasteiger partial charge on any atom is -0.379 e. The van der Waals surface area contributed by atoms with E-state index in [0.29, 0.717) is 36.9 Å². The third-order valence-electron chi connectivity index (χ3n) is 4.68. The molecule has 0 bridgehead atoms. The van der Waals surface area contributed by atoms with Gasteiger partial charge in [-0.05, 0) is 30.2 Å². The summed E-state index contributed by atoms with van der Waals surface area (Å²) in [4.78, 5) is 12.7. The van der Waals surface area contributed by atoms with Gasteiger partial charge in [0, 0.05) is 24.7 Å². The SMILES string of the molecule is CC(C)c1c(C(=O)NCCS(=O)(=O)N2CCOCC2)cnn1-c1ccc(Cl)cc1. The largest absolute Gasteiger partial charge is 0.379 e. The maximum atomic E-state index is 12.7. The van der Waals surface area contributed by atoms with Crippen LogP contribution < -0.4 is 5.32 Å². The minimum atomic E-state index is -3.42. The van der Waals surface area contributed by atoms with Gasteiger partial charge in [0.15, 0.2) is 0 Å². The number of halogens is 1. The van der Waals surface area contributed by atoms with Crippen molar-refractivity contribution >= 4 is 27.5 Å². The summed E-state index contributed by atoms with van der Waals surface area (Å²) < 4.78 is 33.1. The third-order valence-corrected chi connectivity index (χ3v) is 6.80.